The molecule has 0 bridgehead atoms. The fraction of sp³-hybridized carbons (Fsp3) is 0.421. The number of likely N-dealkylation sites (tertiary alicyclic amines) is 1. The summed E-state index contributed by atoms with van der Waals surface area (Å²) in [4.78, 5) is 26.4. The zero-order valence-electron chi connectivity index (χ0n) is 15.1. The van der Waals surface area contributed by atoms with Crippen LogP contribution >= 0.6 is 0 Å². The van der Waals surface area contributed by atoms with E-state index in [1.54, 1.807) is 4.90 Å². The Kier molecular flexibility index (Phi) is 4.61. The number of nitrogens with zero attached hydrogens (tertiary/aromatic N) is 3. The molecule has 6 heteroatoms. The van der Waals surface area contributed by atoms with Gasteiger partial charge in [-0.25, -0.2) is 4.68 Å². The second kappa shape index (κ2) is 6.70. The highest BCUT2D eigenvalue weighted by molar-refractivity contribution is 5.98. The van der Waals surface area contributed by atoms with Gasteiger partial charge in [0.1, 0.15) is 0 Å². The van der Waals surface area contributed by atoms with Crippen molar-refractivity contribution in [1.29, 1.82) is 0 Å². The number of aromatic nitrogens is 2. The van der Waals surface area contributed by atoms with Crippen LogP contribution in [0.2, 0.25) is 0 Å². The Hall–Kier alpha value is -2.63. The lowest BCUT2D eigenvalue weighted by molar-refractivity contribution is -0.129. The summed E-state index contributed by atoms with van der Waals surface area (Å²) in [5.41, 5.74) is 3.32. The van der Waals surface area contributed by atoms with E-state index in [1.807, 2.05) is 62.7 Å². The number of rotatable bonds is 4. The van der Waals surface area contributed by atoms with Crippen LogP contribution < -0.4 is 5.32 Å². The maximum atomic E-state index is 12.7. The summed E-state index contributed by atoms with van der Waals surface area (Å²) in [5.74, 6) is -0.382. The first-order valence-electron chi connectivity index (χ1n) is 8.60. The van der Waals surface area contributed by atoms with Gasteiger partial charge in [0.25, 0.3) is 0 Å². The molecule has 0 saturated carbocycles. The molecule has 1 saturated heterocycles. The Labute approximate surface area is 147 Å². The second-order valence-electron chi connectivity index (χ2n) is 6.82. The number of hydrogen-bond donors (Lipinski definition) is 1. The number of aryl methyl sites for hydroxylation is 1. The molecule has 3 rings (SSSR count). The maximum absolute atomic E-state index is 12.7. The highest BCUT2D eigenvalue weighted by atomic mass is 16.2. The topological polar surface area (TPSA) is 67.2 Å². The molecule has 25 heavy (non-hydrogen) atoms. The molecule has 1 atom stereocenters. The molecule has 2 aromatic rings. The molecule has 1 aliphatic heterocycles. The summed E-state index contributed by atoms with van der Waals surface area (Å²) in [6.45, 7) is 8.23. The summed E-state index contributed by atoms with van der Waals surface area (Å²) in [5, 5.41) is 7.53. The molecule has 0 spiro atoms. The van der Waals surface area contributed by atoms with Gasteiger partial charge in [-0.1, -0.05) is 18.2 Å². The molecule has 2 amide bonds. The molecule has 1 unspecified atom stereocenters. The molecule has 1 N–H and O–H groups in total. The van der Waals surface area contributed by atoms with Gasteiger partial charge in [-0.2, -0.15) is 5.10 Å². The van der Waals surface area contributed by atoms with E-state index in [0.717, 1.165) is 22.8 Å². The third kappa shape index (κ3) is 3.29. The number of benzene rings is 1. The SMILES string of the molecule is Cc1nn(-c2ccccc2)c(C)c1NC(=O)C1CC(=O)N(C(C)C)C1. The molecular weight excluding hydrogens is 316 g/mol. The van der Waals surface area contributed by atoms with Crippen LogP contribution in [0.15, 0.2) is 30.3 Å². The molecule has 2 heterocycles. The average molecular weight is 340 g/mol. The molecule has 6 nitrogen and oxygen atoms in total. The molecule has 1 aromatic heterocycles. The Morgan fingerprint density at radius 1 is 1.24 bits per heavy atom. The predicted octanol–water partition coefficient (Wildman–Crippen LogP) is 2.68. The van der Waals surface area contributed by atoms with E-state index in [-0.39, 0.29) is 30.2 Å². The Morgan fingerprint density at radius 3 is 2.52 bits per heavy atom. The van der Waals surface area contributed by atoms with E-state index in [4.69, 9.17) is 0 Å². The van der Waals surface area contributed by atoms with E-state index >= 15 is 0 Å². The summed E-state index contributed by atoms with van der Waals surface area (Å²) in [6, 6.07) is 9.93. The van der Waals surface area contributed by atoms with Gasteiger partial charge in [0.15, 0.2) is 0 Å². The number of hydrogen-bond acceptors (Lipinski definition) is 3. The van der Waals surface area contributed by atoms with Gasteiger partial charge in [-0.3, -0.25) is 9.59 Å². The lowest BCUT2D eigenvalue weighted by Crippen LogP contribution is -2.33. The van der Waals surface area contributed by atoms with E-state index in [2.05, 4.69) is 10.4 Å². The summed E-state index contributed by atoms with van der Waals surface area (Å²) in [6.07, 6.45) is 0.273. The Bertz CT molecular complexity index is 795. The summed E-state index contributed by atoms with van der Waals surface area (Å²) >= 11 is 0. The monoisotopic (exact) mass is 340 g/mol. The Morgan fingerprint density at radius 2 is 1.92 bits per heavy atom. The van der Waals surface area contributed by atoms with Crippen molar-refractivity contribution in [2.24, 2.45) is 5.92 Å². The van der Waals surface area contributed by atoms with Crippen molar-refractivity contribution in [3.05, 3.63) is 41.7 Å². The number of nitrogens with one attached hydrogen (secondary N) is 1. The number of carbonyl (C=O) groups excluding carboxylic acids is 2. The first-order valence-corrected chi connectivity index (χ1v) is 8.60. The van der Waals surface area contributed by atoms with Crippen LogP contribution in [0.4, 0.5) is 5.69 Å². The fourth-order valence-electron chi connectivity index (χ4n) is 3.28. The third-order valence-electron chi connectivity index (χ3n) is 4.69. The van der Waals surface area contributed by atoms with Gasteiger partial charge >= 0.3 is 0 Å². The zero-order chi connectivity index (χ0) is 18.1. The van der Waals surface area contributed by atoms with Crippen LogP contribution in [-0.4, -0.2) is 39.1 Å². The highest BCUT2D eigenvalue weighted by Gasteiger charge is 2.36. The van der Waals surface area contributed by atoms with Crippen molar-refractivity contribution in [2.45, 2.75) is 40.2 Å². The van der Waals surface area contributed by atoms with Crippen LogP contribution in [0.25, 0.3) is 5.69 Å². The number of carbonyl (C=O) groups is 2. The van der Waals surface area contributed by atoms with E-state index in [9.17, 15) is 9.59 Å². The van der Waals surface area contributed by atoms with Gasteiger partial charge in [-0.05, 0) is 39.8 Å². The largest absolute Gasteiger partial charge is 0.339 e. The van der Waals surface area contributed by atoms with Crippen molar-refractivity contribution >= 4 is 17.5 Å². The van der Waals surface area contributed by atoms with E-state index in [1.165, 1.54) is 0 Å². The van der Waals surface area contributed by atoms with Gasteiger partial charge in [0.05, 0.1) is 28.7 Å². The van der Waals surface area contributed by atoms with Crippen molar-refractivity contribution in [3.63, 3.8) is 0 Å². The molecule has 1 fully saturated rings. The fourth-order valence-corrected chi connectivity index (χ4v) is 3.28. The zero-order valence-corrected chi connectivity index (χ0v) is 15.1. The van der Waals surface area contributed by atoms with Crippen LogP contribution in [0.3, 0.4) is 0 Å². The van der Waals surface area contributed by atoms with Gasteiger partial charge in [0, 0.05) is 19.0 Å². The van der Waals surface area contributed by atoms with Gasteiger partial charge < -0.3 is 10.2 Å². The minimum atomic E-state index is -0.311. The Balaban J connectivity index is 1.79. The van der Waals surface area contributed by atoms with Crippen LogP contribution in [-0.2, 0) is 9.59 Å². The molecule has 1 aromatic carbocycles. The van der Waals surface area contributed by atoms with E-state index < -0.39 is 0 Å². The first-order chi connectivity index (χ1) is 11.9. The third-order valence-corrected chi connectivity index (χ3v) is 4.69. The van der Waals surface area contributed by atoms with Crippen molar-refractivity contribution in [1.82, 2.24) is 14.7 Å². The van der Waals surface area contributed by atoms with Crippen molar-refractivity contribution in [3.8, 4) is 5.69 Å². The molecule has 132 valence electrons. The predicted molar refractivity (Wildman–Crippen MR) is 96.6 cm³/mol. The minimum absolute atomic E-state index is 0.0450. The van der Waals surface area contributed by atoms with Gasteiger partial charge in [-0.15, -0.1) is 0 Å². The molecule has 1 aliphatic rings. The lowest BCUT2D eigenvalue weighted by atomic mass is 10.1. The normalized spacial score (nSPS) is 17.4. The summed E-state index contributed by atoms with van der Waals surface area (Å²) < 4.78 is 1.82. The number of amides is 2. The van der Waals surface area contributed by atoms with Crippen molar-refractivity contribution in [2.75, 3.05) is 11.9 Å². The van der Waals surface area contributed by atoms with Crippen LogP contribution in [0, 0.1) is 19.8 Å². The lowest BCUT2D eigenvalue weighted by Gasteiger charge is -2.20. The van der Waals surface area contributed by atoms with Crippen molar-refractivity contribution < 1.29 is 9.59 Å². The molecule has 0 radical (unpaired) electrons. The maximum Gasteiger partial charge on any atom is 0.229 e. The van der Waals surface area contributed by atoms with Gasteiger partial charge in [0.2, 0.25) is 11.8 Å². The number of para-hydroxylation sites is 1. The number of anilines is 1. The highest BCUT2D eigenvalue weighted by Crippen LogP contribution is 2.26. The summed E-state index contributed by atoms with van der Waals surface area (Å²) in [7, 11) is 0. The quantitative estimate of drug-likeness (QED) is 0.930. The standard InChI is InChI=1S/C19H24N4O2/c1-12(2)22-11-15(10-17(22)24)19(25)20-18-13(3)21-23(14(18)4)16-8-6-5-7-9-16/h5-9,12,15H,10-11H2,1-4H3,(H,20,25). The second-order valence-corrected chi connectivity index (χ2v) is 6.82. The van der Waals surface area contributed by atoms with E-state index in [0.29, 0.717) is 6.54 Å². The minimum Gasteiger partial charge on any atom is -0.339 e. The smallest absolute Gasteiger partial charge is 0.229 e. The molecule has 0 aliphatic carbocycles. The average Bonchev–Trinajstić information content (AvgIpc) is 3.11. The first kappa shape index (κ1) is 17.2. The van der Waals surface area contributed by atoms with Crippen LogP contribution in [0.1, 0.15) is 31.7 Å². The van der Waals surface area contributed by atoms with Crippen LogP contribution in [0.5, 0.6) is 0 Å². The molecular formula is C19H24N4O2.